The van der Waals surface area contributed by atoms with Crippen LogP contribution >= 0.6 is 0 Å². The minimum atomic E-state index is -1.48. The van der Waals surface area contributed by atoms with E-state index in [9.17, 15) is 9.90 Å². The number of aryl methyl sites for hydroxylation is 1. The van der Waals surface area contributed by atoms with Crippen LogP contribution in [0.15, 0.2) is 42.5 Å². The van der Waals surface area contributed by atoms with Crippen molar-refractivity contribution in [1.29, 1.82) is 0 Å². The molecule has 0 aliphatic rings. The number of hydrogen-bond donors (Lipinski definition) is 2. The van der Waals surface area contributed by atoms with Gasteiger partial charge in [0, 0.05) is 11.3 Å². The highest BCUT2D eigenvalue weighted by Crippen LogP contribution is 2.20. The fourth-order valence-corrected chi connectivity index (χ4v) is 1.68. The Labute approximate surface area is 105 Å². The van der Waals surface area contributed by atoms with E-state index in [1.54, 1.807) is 24.3 Å². The third kappa shape index (κ3) is 2.55. The zero-order valence-corrected chi connectivity index (χ0v) is 9.87. The number of rotatable bonds is 3. The quantitative estimate of drug-likeness (QED) is 0.866. The Balaban J connectivity index is 2.30. The maximum Gasteiger partial charge on any atom is 0.337 e. The number of carboxylic acids is 1. The second-order valence-electron chi connectivity index (χ2n) is 4.03. The topological polar surface area (TPSA) is 70.4 Å². The molecule has 4 nitrogen and oxygen atoms in total. The highest BCUT2D eigenvalue weighted by atomic mass is 16.4. The van der Waals surface area contributed by atoms with Gasteiger partial charge in [-0.25, -0.2) is 4.79 Å². The van der Waals surface area contributed by atoms with Gasteiger partial charge in [-0.15, -0.1) is 0 Å². The first-order valence-corrected chi connectivity index (χ1v) is 5.53. The Bertz CT molecular complexity index is 564. The lowest BCUT2D eigenvalue weighted by atomic mass is 10.0. The zero-order chi connectivity index (χ0) is 13.1. The summed E-state index contributed by atoms with van der Waals surface area (Å²) in [5, 5.41) is 18.1. The summed E-state index contributed by atoms with van der Waals surface area (Å²) in [5.41, 5.74) is 2.99. The summed E-state index contributed by atoms with van der Waals surface area (Å²) in [6.45, 7) is 1.91. The van der Waals surface area contributed by atoms with E-state index in [-0.39, 0.29) is 0 Å². The van der Waals surface area contributed by atoms with Crippen LogP contribution < -0.4 is 0 Å². The number of hydrogen-bond acceptors (Lipinski definition) is 3. The fraction of sp³-hybridized carbons (Fsp3) is 0.143. The van der Waals surface area contributed by atoms with Gasteiger partial charge in [0.2, 0.25) is 0 Å². The van der Waals surface area contributed by atoms with Gasteiger partial charge >= 0.3 is 5.97 Å². The Kier molecular flexibility index (Phi) is 3.39. The summed E-state index contributed by atoms with van der Waals surface area (Å²) < 4.78 is 0. The van der Waals surface area contributed by atoms with E-state index in [4.69, 9.17) is 5.11 Å². The van der Waals surface area contributed by atoms with E-state index in [1.165, 1.54) is 0 Å². The van der Waals surface area contributed by atoms with Crippen LogP contribution in [0.3, 0.4) is 0 Å². The average molecular weight is 243 g/mol. The van der Waals surface area contributed by atoms with E-state index in [1.807, 2.05) is 25.1 Å². The zero-order valence-electron chi connectivity index (χ0n) is 9.87. The molecule has 1 heterocycles. The predicted octanol–water partition coefficient (Wildman–Crippen LogP) is 2.18. The fourth-order valence-electron chi connectivity index (χ4n) is 1.68. The van der Waals surface area contributed by atoms with Crippen molar-refractivity contribution in [2.75, 3.05) is 0 Å². The van der Waals surface area contributed by atoms with Crippen molar-refractivity contribution < 1.29 is 15.0 Å². The van der Waals surface area contributed by atoms with Crippen molar-refractivity contribution in [2.45, 2.75) is 13.0 Å². The molecule has 2 rings (SSSR count). The summed E-state index contributed by atoms with van der Waals surface area (Å²) in [4.78, 5) is 15.0. The molecule has 0 aliphatic carbocycles. The monoisotopic (exact) mass is 243 g/mol. The van der Waals surface area contributed by atoms with Crippen LogP contribution in [0.2, 0.25) is 0 Å². The third-order valence-electron chi connectivity index (χ3n) is 2.64. The van der Waals surface area contributed by atoms with Crippen LogP contribution in [-0.2, 0) is 4.79 Å². The van der Waals surface area contributed by atoms with Crippen molar-refractivity contribution in [1.82, 2.24) is 4.98 Å². The van der Waals surface area contributed by atoms with Gasteiger partial charge in [-0.2, -0.15) is 0 Å². The van der Waals surface area contributed by atoms with Gasteiger partial charge in [-0.05, 0) is 24.6 Å². The van der Waals surface area contributed by atoms with Crippen LogP contribution in [0.4, 0.5) is 0 Å². The molecule has 0 spiro atoms. The molecule has 92 valence electrons. The number of nitrogens with zero attached hydrogens (tertiary/aromatic N) is 1. The number of aliphatic hydroxyl groups excluding tert-OH is 1. The summed E-state index contributed by atoms with van der Waals surface area (Å²) in [6.07, 6.45) is -1.48. The Hall–Kier alpha value is -2.20. The van der Waals surface area contributed by atoms with Gasteiger partial charge in [-0.1, -0.05) is 30.3 Å². The standard InChI is InChI=1S/C14H13NO3/c1-9-3-2-4-12(15-9)10-5-7-11(8-6-10)13(16)14(17)18/h2-8,13,16H,1H3,(H,17,18). The molecular weight excluding hydrogens is 230 g/mol. The van der Waals surface area contributed by atoms with Crippen molar-refractivity contribution in [3.8, 4) is 11.3 Å². The maximum absolute atomic E-state index is 10.6. The molecule has 0 fully saturated rings. The Morgan fingerprint density at radius 2 is 1.83 bits per heavy atom. The van der Waals surface area contributed by atoms with E-state index in [2.05, 4.69) is 4.98 Å². The van der Waals surface area contributed by atoms with Gasteiger partial charge in [0.1, 0.15) is 0 Å². The second-order valence-corrected chi connectivity index (χ2v) is 4.03. The molecule has 0 radical (unpaired) electrons. The van der Waals surface area contributed by atoms with Crippen molar-refractivity contribution in [2.24, 2.45) is 0 Å². The van der Waals surface area contributed by atoms with Crippen LogP contribution in [0.25, 0.3) is 11.3 Å². The smallest absolute Gasteiger partial charge is 0.337 e. The first-order valence-electron chi connectivity index (χ1n) is 5.53. The van der Waals surface area contributed by atoms with Gasteiger partial charge in [0.25, 0.3) is 0 Å². The van der Waals surface area contributed by atoms with Gasteiger partial charge in [0.05, 0.1) is 5.69 Å². The number of carbonyl (C=O) groups is 1. The van der Waals surface area contributed by atoms with Crippen molar-refractivity contribution in [3.05, 3.63) is 53.7 Å². The van der Waals surface area contributed by atoms with E-state index < -0.39 is 12.1 Å². The SMILES string of the molecule is Cc1cccc(-c2ccc(C(O)C(=O)O)cc2)n1. The molecule has 1 aromatic carbocycles. The molecule has 0 amide bonds. The number of aliphatic hydroxyl groups is 1. The molecule has 0 aliphatic heterocycles. The largest absolute Gasteiger partial charge is 0.479 e. The first-order chi connectivity index (χ1) is 8.58. The minimum Gasteiger partial charge on any atom is -0.479 e. The number of aromatic nitrogens is 1. The summed E-state index contributed by atoms with van der Waals surface area (Å²) >= 11 is 0. The predicted molar refractivity (Wildman–Crippen MR) is 67.0 cm³/mol. The lowest BCUT2D eigenvalue weighted by molar-refractivity contribution is -0.146. The molecule has 1 aromatic heterocycles. The molecule has 2 N–H and O–H groups in total. The highest BCUT2D eigenvalue weighted by molar-refractivity contribution is 5.74. The first kappa shape index (κ1) is 12.3. The lowest BCUT2D eigenvalue weighted by Crippen LogP contribution is -2.10. The maximum atomic E-state index is 10.6. The van der Waals surface area contributed by atoms with E-state index in [0.717, 1.165) is 17.0 Å². The highest BCUT2D eigenvalue weighted by Gasteiger charge is 2.15. The molecular formula is C14H13NO3. The summed E-state index contributed by atoms with van der Waals surface area (Å²) in [5.74, 6) is -1.25. The molecule has 0 bridgehead atoms. The van der Waals surface area contributed by atoms with Crippen LogP contribution in [0.5, 0.6) is 0 Å². The van der Waals surface area contributed by atoms with Gasteiger partial charge in [-0.3, -0.25) is 4.98 Å². The molecule has 0 saturated heterocycles. The minimum absolute atomic E-state index is 0.360. The molecule has 2 aromatic rings. The van der Waals surface area contributed by atoms with Crippen LogP contribution in [0, 0.1) is 6.92 Å². The lowest BCUT2D eigenvalue weighted by Gasteiger charge is -2.07. The van der Waals surface area contributed by atoms with E-state index in [0.29, 0.717) is 5.56 Å². The normalized spacial score (nSPS) is 12.1. The molecule has 4 heteroatoms. The van der Waals surface area contributed by atoms with E-state index >= 15 is 0 Å². The third-order valence-corrected chi connectivity index (χ3v) is 2.64. The Morgan fingerprint density at radius 1 is 1.17 bits per heavy atom. The number of carboxylic acid groups (broad SMARTS) is 1. The molecule has 18 heavy (non-hydrogen) atoms. The van der Waals surface area contributed by atoms with Crippen LogP contribution in [0.1, 0.15) is 17.4 Å². The van der Waals surface area contributed by atoms with Gasteiger partial charge < -0.3 is 10.2 Å². The second kappa shape index (κ2) is 4.98. The molecule has 0 saturated carbocycles. The van der Waals surface area contributed by atoms with Crippen LogP contribution in [-0.4, -0.2) is 21.2 Å². The molecule has 1 atom stereocenters. The summed E-state index contributed by atoms with van der Waals surface area (Å²) in [6, 6.07) is 12.4. The Morgan fingerprint density at radius 3 is 2.39 bits per heavy atom. The number of benzene rings is 1. The van der Waals surface area contributed by atoms with Crippen molar-refractivity contribution in [3.63, 3.8) is 0 Å². The molecule has 1 unspecified atom stereocenters. The number of aliphatic carboxylic acids is 1. The van der Waals surface area contributed by atoms with Gasteiger partial charge in [0.15, 0.2) is 6.10 Å². The van der Waals surface area contributed by atoms with Crippen molar-refractivity contribution >= 4 is 5.97 Å². The average Bonchev–Trinajstić information content (AvgIpc) is 2.38. The number of pyridine rings is 1. The summed E-state index contributed by atoms with van der Waals surface area (Å²) in [7, 11) is 0.